The monoisotopic (exact) mass is 433 g/mol. The van der Waals surface area contributed by atoms with Gasteiger partial charge in [0, 0.05) is 38.0 Å². The Morgan fingerprint density at radius 2 is 2.23 bits per heavy atom. The van der Waals surface area contributed by atoms with Crippen LogP contribution in [0.2, 0.25) is 0 Å². The first kappa shape index (κ1) is 19.0. The van der Waals surface area contributed by atoms with Gasteiger partial charge in [-0.05, 0) is 19.8 Å². The Balaban J connectivity index is 0.00000242. The summed E-state index contributed by atoms with van der Waals surface area (Å²) in [4.78, 5) is 11.6. The molecule has 5 nitrogen and oxygen atoms in total. The third kappa shape index (κ3) is 6.01. The molecule has 1 fully saturated rings. The van der Waals surface area contributed by atoms with E-state index in [-0.39, 0.29) is 24.0 Å². The van der Waals surface area contributed by atoms with Crippen molar-refractivity contribution in [3.63, 3.8) is 0 Å². The van der Waals surface area contributed by atoms with Crippen molar-refractivity contribution in [2.45, 2.75) is 26.2 Å². The number of hydrogen-bond acceptors (Lipinski definition) is 4. The fourth-order valence-corrected chi connectivity index (χ4v) is 3.14. The number of nitrogens with zero attached hydrogens (tertiary/aromatic N) is 3. The number of halogens is 1. The molecule has 0 amide bonds. The zero-order valence-electron chi connectivity index (χ0n) is 13.0. The number of hydrogen-bond donors (Lipinski definition) is 2. The number of rotatable bonds is 6. The van der Waals surface area contributed by atoms with Crippen molar-refractivity contribution in [3.05, 3.63) is 11.1 Å². The van der Waals surface area contributed by atoms with Crippen LogP contribution < -0.4 is 15.5 Å². The van der Waals surface area contributed by atoms with E-state index in [4.69, 9.17) is 11.4 Å². The summed E-state index contributed by atoms with van der Waals surface area (Å²) < 4.78 is 0. The first-order valence-corrected chi connectivity index (χ1v) is 8.36. The van der Waals surface area contributed by atoms with Crippen molar-refractivity contribution in [1.29, 1.82) is 0 Å². The summed E-state index contributed by atoms with van der Waals surface area (Å²) in [6.07, 6.45) is 8.67. The summed E-state index contributed by atoms with van der Waals surface area (Å²) in [6, 6.07) is 0. The second kappa shape index (κ2) is 10.7. The van der Waals surface area contributed by atoms with Crippen LogP contribution in [0.5, 0.6) is 0 Å². The molecule has 1 aliphatic rings. The molecular formula is C15H24IN5S. The van der Waals surface area contributed by atoms with Crippen LogP contribution in [0.3, 0.4) is 0 Å². The van der Waals surface area contributed by atoms with Gasteiger partial charge in [-0.2, -0.15) is 0 Å². The Morgan fingerprint density at radius 3 is 2.91 bits per heavy atom. The second-order valence-electron chi connectivity index (χ2n) is 4.88. The summed E-state index contributed by atoms with van der Waals surface area (Å²) in [5.74, 6) is 3.32. The van der Waals surface area contributed by atoms with Gasteiger partial charge in [0.2, 0.25) is 0 Å². The smallest absolute Gasteiger partial charge is 0.192 e. The number of anilines is 1. The van der Waals surface area contributed by atoms with Crippen LogP contribution in [0.15, 0.2) is 10.4 Å². The fraction of sp³-hybridized carbons (Fsp3) is 0.600. The average molecular weight is 433 g/mol. The van der Waals surface area contributed by atoms with Gasteiger partial charge < -0.3 is 15.5 Å². The van der Waals surface area contributed by atoms with Crippen LogP contribution in [-0.4, -0.2) is 43.7 Å². The fourth-order valence-electron chi connectivity index (χ4n) is 2.22. The highest BCUT2D eigenvalue weighted by Gasteiger charge is 2.15. The molecule has 0 spiro atoms. The first-order chi connectivity index (χ1) is 10.3. The average Bonchev–Trinajstić information content (AvgIpc) is 3.15. The third-order valence-electron chi connectivity index (χ3n) is 3.26. The van der Waals surface area contributed by atoms with E-state index >= 15 is 0 Å². The number of guanidine groups is 1. The third-order valence-corrected chi connectivity index (χ3v) is 4.21. The number of nitrogens with one attached hydrogen (secondary N) is 2. The minimum Gasteiger partial charge on any atom is -0.357 e. The molecule has 0 unspecified atom stereocenters. The first-order valence-electron chi connectivity index (χ1n) is 7.48. The summed E-state index contributed by atoms with van der Waals surface area (Å²) >= 11 is 1.74. The van der Waals surface area contributed by atoms with Gasteiger partial charge in [-0.25, -0.2) is 4.98 Å². The molecule has 1 aromatic rings. The lowest BCUT2D eigenvalue weighted by atomic mass is 10.3. The summed E-state index contributed by atoms with van der Waals surface area (Å²) in [6.45, 7) is 6.35. The maximum absolute atomic E-state index is 5.25. The van der Waals surface area contributed by atoms with E-state index in [1.165, 1.54) is 12.8 Å². The molecule has 1 aromatic heterocycles. The number of thiazole rings is 1. The second-order valence-corrected chi connectivity index (χ2v) is 5.72. The molecule has 0 bridgehead atoms. The van der Waals surface area contributed by atoms with E-state index < -0.39 is 0 Å². The van der Waals surface area contributed by atoms with Crippen LogP contribution in [-0.2, 0) is 6.42 Å². The molecule has 0 atom stereocenters. The van der Waals surface area contributed by atoms with Crippen molar-refractivity contribution in [2.75, 3.05) is 37.6 Å². The minimum absolute atomic E-state index is 0. The molecule has 2 rings (SSSR count). The standard InChI is InChI=1S/C15H23N5S.HI/c1-3-8-17-14(16-4-2)18-9-7-13-12-21-15(19-13)20-10-5-6-11-20;/h1,12H,4-11H2,2H3,(H2,16,17,18);1H. The van der Waals surface area contributed by atoms with Gasteiger partial charge in [0.25, 0.3) is 0 Å². The van der Waals surface area contributed by atoms with Crippen LogP contribution in [0.1, 0.15) is 25.5 Å². The Kier molecular flexibility index (Phi) is 9.24. The van der Waals surface area contributed by atoms with E-state index in [1.54, 1.807) is 11.3 Å². The molecule has 1 aliphatic heterocycles. The molecule has 0 aliphatic carbocycles. The topological polar surface area (TPSA) is 52.6 Å². The molecule has 122 valence electrons. The van der Waals surface area contributed by atoms with Crippen molar-refractivity contribution in [1.82, 2.24) is 15.6 Å². The molecule has 1 saturated heterocycles. The van der Waals surface area contributed by atoms with E-state index in [1.807, 2.05) is 6.92 Å². The number of terminal acetylenes is 1. The van der Waals surface area contributed by atoms with Gasteiger partial charge in [0.15, 0.2) is 11.1 Å². The minimum atomic E-state index is 0. The lowest BCUT2D eigenvalue weighted by molar-refractivity contribution is 0.847. The van der Waals surface area contributed by atoms with Gasteiger partial charge >= 0.3 is 0 Å². The molecular weight excluding hydrogens is 409 g/mol. The van der Waals surface area contributed by atoms with Crippen LogP contribution in [0, 0.1) is 12.3 Å². The highest BCUT2D eigenvalue weighted by Crippen LogP contribution is 2.24. The highest BCUT2D eigenvalue weighted by molar-refractivity contribution is 14.0. The Bertz CT molecular complexity index is 502. The number of aromatic nitrogens is 1. The number of aliphatic imine (C=N–C) groups is 1. The molecule has 7 heteroatoms. The van der Waals surface area contributed by atoms with Crippen molar-refractivity contribution < 1.29 is 0 Å². The lowest BCUT2D eigenvalue weighted by Gasteiger charge is -2.12. The summed E-state index contributed by atoms with van der Waals surface area (Å²) in [5, 5.41) is 9.55. The normalized spacial score (nSPS) is 14.4. The zero-order chi connectivity index (χ0) is 14.9. The van der Waals surface area contributed by atoms with E-state index in [2.05, 4.69) is 31.8 Å². The van der Waals surface area contributed by atoms with Gasteiger partial charge in [-0.1, -0.05) is 5.92 Å². The summed E-state index contributed by atoms with van der Waals surface area (Å²) in [5.41, 5.74) is 1.12. The molecule has 0 radical (unpaired) electrons. The Morgan fingerprint density at radius 1 is 1.45 bits per heavy atom. The largest absolute Gasteiger partial charge is 0.357 e. The quantitative estimate of drug-likeness (QED) is 0.312. The molecule has 2 heterocycles. The lowest BCUT2D eigenvalue weighted by Crippen LogP contribution is -2.37. The van der Waals surface area contributed by atoms with Crippen molar-refractivity contribution >= 4 is 46.4 Å². The van der Waals surface area contributed by atoms with Crippen LogP contribution in [0.4, 0.5) is 5.13 Å². The predicted octanol–water partition coefficient (Wildman–Crippen LogP) is 2.09. The Labute approximate surface area is 154 Å². The predicted molar refractivity (Wildman–Crippen MR) is 105 cm³/mol. The molecule has 0 aromatic carbocycles. The Hall–Kier alpha value is -1.01. The molecule has 22 heavy (non-hydrogen) atoms. The maximum atomic E-state index is 5.25. The molecule has 2 N–H and O–H groups in total. The highest BCUT2D eigenvalue weighted by atomic mass is 127. The van der Waals surface area contributed by atoms with Gasteiger partial charge in [-0.15, -0.1) is 41.7 Å². The summed E-state index contributed by atoms with van der Waals surface area (Å²) in [7, 11) is 0. The van der Waals surface area contributed by atoms with Crippen molar-refractivity contribution in [3.8, 4) is 12.3 Å². The SMILES string of the molecule is C#CCNC(=NCCc1csc(N2CCCC2)n1)NCC.I. The van der Waals surface area contributed by atoms with Gasteiger partial charge in [0.1, 0.15) is 0 Å². The van der Waals surface area contributed by atoms with Crippen LogP contribution >= 0.6 is 35.3 Å². The van der Waals surface area contributed by atoms with Gasteiger partial charge in [-0.3, -0.25) is 4.99 Å². The van der Waals surface area contributed by atoms with Crippen molar-refractivity contribution in [2.24, 2.45) is 4.99 Å². The van der Waals surface area contributed by atoms with E-state index in [0.29, 0.717) is 13.1 Å². The molecule has 0 saturated carbocycles. The maximum Gasteiger partial charge on any atom is 0.192 e. The van der Waals surface area contributed by atoms with Crippen LogP contribution in [0.25, 0.3) is 0 Å². The van der Waals surface area contributed by atoms with E-state index in [0.717, 1.165) is 42.8 Å². The van der Waals surface area contributed by atoms with Gasteiger partial charge in [0.05, 0.1) is 12.2 Å². The van der Waals surface area contributed by atoms with E-state index in [9.17, 15) is 0 Å². The zero-order valence-corrected chi connectivity index (χ0v) is 16.1.